The summed E-state index contributed by atoms with van der Waals surface area (Å²) in [6.45, 7) is -0.334. The molecule has 4 nitrogen and oxygen atoms in total. The van der Waals surface area contributed by atoms with Gasteiger partial charge in [-0.15, -0.1) is 0 Å². The fourth-order valence-corrected chi connectivity index (χ4v) is 0.768. The van der Waals surface area contributed by atoms with Crippen LogP contribution in [0.3, 0.4) is 0 Å². The molecule has 1 aromatic rings. The van der Waals surface area contributed by atoms with Gasteiger partial charge in [-0.1, -0.05) is 0 Å². The van der Waals surface area contributed by atoms with E-state index in [0.717, 1.165) is 0 Å². The Kier molecular flexibility index (Phi) is 2.28. The molecule has 1 aromatic heterocycles. The second-order valence-corrected chi connectivity index (χ2v) is 1.90. The van der Waals surface area contributed by atoms with Crippen molar-refractivity contribution in [3.63, 3.8) is 0 Å². The third kappa shape index (κ3) is 1.40. The maximum atomic E-state index is 10.9. The zero-order valence-corrected chi connectivity index (χ0v) is 6.03. The van der Waals surface area contributed by atoms with Gasteiger partial charge in [0.05, 0.1) is 13.4 Å². The molecular weight excluding hydrogens is 148 g/mol. The molecule has 0 fully saturated rings. The molecule has 1 N–H and O–H groups in total. The van der Waals surface area contributed by atoms with Crippen molar-refractivity contribution in [1.82, 2.24) is 0 Å². The SMILES string of the molecule is COc1c(CO)occc1=O. The highest BCUT2D eigenvalue weighted by Crippen LogP contribution is 2.10. The van der Waals surface area contributed by atoms with Crippen molar-refractivity contribution in [2.24, 2.45) is 0 Å². The zero-order chi connectivity index (χ0) is 8.27. The average molecular weight is 156 g/mol. The van der Waals surface area contributed by atoms with E-state index in [9.17, 15) is 4.79 Å². The fraction of sp³-hybridized carbons (Fsp3) is 0.286. The minimum absolute atomic E-state index is 0.0648. The molecule has 0 aliphatic heterocycles. The number of hydrogen-bond acceptors (Lipinski definition) is 4. The van der Waals surface area contributed by atoms with Crippen molar-refractivity contribution >= 4 is 0 Å². The number of aliphatic hydroxyl groups excluding tert-OH is 1. The zero-order valence-electron chi connectivity index (χ0n) is 6.03. The van der Waals surface area contributed by atoms with Crippen LogP contribution in [-0.4, -0.2) is 12.2 Å². The van der Waals surface area contributed by atoms with Gasteiger partial charge in [0.1, 0.15) is 6.61 Å². The van der Waals surface area contributed by atoms with E-state index in [1.54, 1.807) is 0 Å². The first-order valence-electron chi connectivity index (χ1n) is 3.05. The second kappa shape index (κ2) is 3.21. The van der Waals surface area contributed by atoms with Crippen LogP contribution < -0.4 is 10.2 Å². The van der Waals surface area contributed by atoms with E-state index in [2.05, 4.69) is 0 Å². The predicted octanol–water partition coefficient (Wildman–Crippen LogP) is 0.141. The largest absolute Gasteiger partial charge is 0.490 e. The van der Waals surface area contributed by atoms with Crippen molar-refractivity contribution < 1.29 is 14.3 Å². The quantitative estimate of drug-likeness (QED) is 0.661. The minimum Gasteiger partial charge on any atom is -0.490 e. The van der Waals surface area contributed by atoms with E-state index in [0.29, 0.717) is 0 Å². The molecule has 0 aliphatic carbocycles. The normalized spacial score (nSPS) is 9.64. The van der Waals surface area contributed by atoms with Gasteiger partial charge in [0, 0.05) is 6.07 Å². The highest BCUT2D eigenvalue weighted by molar-refractivity contribution is 5.23. The molecular formula is C7H8O4. The minimum atomic E-state index is -0.334. The molecule has 0 aromatic carbocycles. The topological polar surface area (TPSA) is 59.7 Å². The first kappa shape index (κ1) is 7.81. The van der Waals surface area contributed by atoms with E-state index in [-0.39, 0.29) is 23.5 Å². The Morgan fingerprint density at radius 1 is 1.73 bits per heavy atom. The second-order valence-electron chi connectivity index (χ2n) is 1.90. The van der Waals surface area contributed by atoms with E-state index in [1.807, 2.05) is 0 Å². The number of aliphatic hydroxyl groups is 1. The van der Waals surface area contributed by atoms with Gasteiger partial charge in [0.25, 0.3) is 0 Å². The van der Waals surface area contributed by atoms with Crippen molar-refractivity contribution in [3.8, 4) is 5.75 Å². The highest BCUT2D eigenvalue weighted by Gasteiger charge is 2.06. The lowest BCUT2D eigenvalue weighted by Gasteiger charge is -2.01. The molecule has 0 unspecified atom stereocenters. The summed E-state index contributed by atoms with van der Waals surface area (Å²) >= 11 is 0. The molecule has 0 atom stereocenters. The van der Waals surface area contributed by atoms with Crippen LogP contribution in [0.25, 0.3) is 0 Å². The first-order valence-corrected chi connectivity index (χ1v) is 3.05. The van der Waals surface area contributed by atoms with Gasteiger partial charge in [-0.05, 0) is 0 Å². The van der Waals surface area contributed by atoms with Crippen molar-refractivity contribution in [2.45, 2.75) is 6.61 Å². The molecule has 11 heavy (non-hydrogen) atoms. The van der Waals surface area contributed by atoms with E-state index in [1.165, 1.54) is 19.4 Å². The summed E-state index contributed by atoms with van der Waals surface area (Å²) in [6, 6.07) is 1.23. The van der Waals surface area contributed by atoms with Crippen molar-refractivity contribution in [2.75, 3.05) is 7.11 Å². The van der Waals surface area contributed by atoms with Crippen LogP contribution in [0, 0.1) is 0 Å². The van der Waals surface area contributed by atoms with Gasteiger partial charge in [0.15, 0.2) is 5.76 Å². The summed E-state index contributed by atoms with van der Waals surface area (Å²) in [5.41, 5.74) is -0.289. The van der Waals surface area contributed by atoms with Gasteiger partial charge in [0.2, 0.25) is 11.2 Å². The Balaban J connectivity index is 3.24. The maximum Gasteiger partial charge on any atom is 0.227 e. The van der Waals surface area contributed by atoms with Crippen LogP contribution in [0.2, 0.25) is 0 Å². The molecule has 0 bridgehead atoms. The number of ether oxygens (including phenoxy) is 1. The number of rotatable bonds is 2. The van der Waals surface area contributed by atoms with Gasteiger partial charge in [-0.3, -0.25) is 4.79 Å². The summed E-state index contributed by atoms with van der Waals surface area (Å²) in [6.07, 6.45) is 1.22. The standard InChI is InChI=1S/C7H8O4/c1-10-7-5(9)2-3-11-6(7)4-8/h2-3,8H,4H2,1H3. The molecule has 1 heterocycles. The highest BCUT2D eigenvalue weighted by atomic mass is 16.5. The van der Waals surface area contributed by atoms with Crippen LogP contribution in [0.5, 0.6) is 5.75 Å². The van der Waals surface area contributed by atoms with Gasteiger partial charge >= 0.3 is 0 Å². The molecule has 0 aliphatic rings. The number of hydrogen-bond donors (Lipinski definition) is 1. The smallest absolute Gasteiger partial charge is 0.227 e. The number of methoxy groups -OCH3 is 1. The van der Waals surface area contributed by atoms with Crippen LogP contribution in [0.15, 0.2) is 21.5 Å². The summed E-state index contributed by atoms with van der Waals surface area (Å²) in [5.74, 6) is 0.218. The Morgan fingerprint density at radius 2 is 2.45 bits per heavy atom. The molecule has 0 radical (unpaired) electrons. The van der Waals surface area contributed by atoms with E-state index in [4.69, 9.17) is 14.3 Å². The molecule has 1 rings (SSSR count). The van der Waals surface area contributed by atoms with E-state index >= 15 is 0 Å². The molecule has 0 saturated heterocycles. The van der Waals surface area contributed by atoms with Gasteiger partial charge in [-0.25, -0.2) is 0 Å². The maximum absolute atomic E-state index is 10.9. The average Bonchev–Trinajstić information content (AvgIpc) is 2.04. The lowest BCUT2D eigenvalue weighted by atomic mass is 10.3. The van der Waals surface area contributed by atoms with Crippen LogP contribution in [0.4, 0.5) is 0 Å². The Labute approximate surface area is 63.0 Å². The molecule has 4 heteroatoms. The monoisotopic (exact) mass is 156 g/mol. The lowest BCUT2D eigenvalue weighted by molar-refractivity contribution is 0.231. The van der Waals surface area contributed by atoms with Crippen LogP contribution in [-0.2, 0) is 6.61 Å². The van der Waals surface area contributed by atoms with Gasteiger partial charge < -0.3 is 14.3 Å². The molecule has 60 valence electrons. The lowest BCUT2D eigenvalue weighted by Crippen LogP contribution is -2.06. The molecule has 0 saturated carbocycles. The van der Waals surface area contributed by atoms with Crippen LogP contribution >= 0.6 is 0 Å². The predicted molar refractivity (Wildman–Crippen MR) is 37.5 cm³/mol. The Hall–Kier alpha value is -1.29. The first-order chi connectivity index (χ1) is 5.29. The van der Waals surface area contributed by atoms with Crippen molar-refractivity contribution in [3.05, 3.63) is 28.3 Å². The Morgan fingerprint density at radius 3 is 2.91 bits per heavy atom. The summed E-state index contributed by atoms with van der Waals surface area (Å²) in [5, 5.41) is 8.66. The van der Waals surface area contributed by atoms with Gasteiger partial charge in [-0.2, -0.15) is 0 Å². The fourth-order valence-electron chi connectivity index (χ4n) is 0.768. The Bertz CT molecular complexity index is 289. The van der Waals surface area contributed by atoms with E-state index < -0.39 is 0 Å². The summed E-state index contributed by atoms with van der Waals surface area (Å²) < 4.78 is 9.50. The molecule has 0 amide bonds. The molecule has 0 spiro atoms. The summed E-state index contributed by atoms with van der Waals surface area (Å²) in [4.78, 5) is 10.9. The summed E-state index contributed by atoms with van der Waals surface area (Å²) in [7, 11) is 1.35. The van der Waals surface area contributed by atoms with Crippen molar-refractivity contribution in [1.29, 1.82) is 0 Å². The third-order valence-corrected chi connectivity index (χ3v) is 1.25. The third-order valence-electron chi connectivity index (χ3n) is 1.25. The van der Waals surface area contributed by atoms with Crippen LogP contribution in [0.1, 0.15) is 5.76 Å².